The summed E-state index contributed by atoms with van der Waals surface area (Å²) in [6.45, 7) is 0. The third-order valence-electron chi connectivity index (χ3n) is 2.95. The fraction of sp³-hybridized carbons (Fsp3) is 0.0769. The van der Waals surface area contributed by atoms with Crippen molar-refractivity contribution in [2.24, 2.45) is 7.05 Å². The van der Waals surface area contributed by atoms with E-state index in [2.05, 4.69) is 14.8 Å². The fourth-order valence-corrected chi connectivity index (χ4v) is 3.01. The standard InChI is InChI=1S/C13H11FN4O2S/c1-18-8-9(7-16-18)21(19,20)17-12-5-4-11(14)10-3-2-6-15-13(10)12/h2-8,17H,1H3. The number of fused-ring (bicyclic) bond motifs is 1. The molecule has 21 heavy (non-hydrogen) atoms. The van der Waals surface area contributed by atoms with Crippen molar-refractivity contribution in [2.45, 2.75) is 4.90 Å². The summed E-state index contributed by atoms with van der Waals surface area (Å²) in [5.41, 5.74) is 0.473. The van der Waals surface area contributed by atoms with Gasteiger partial charge in [0.25, 0.3) is 10.0 Å². The van der Waals surface area contributed by atoms with E-state index >= 15 is 0 Å². The number of hydrogen-bond acceptors (Lipinski definition) is 4. The monoisotopic (exact) mass is 306 g/mol. The van der Waals surface area contributed by atoms with E-state index in [1.807, 2.05) is 0 Å². The van der Waals surface area contributed by atoms with Crippen LogP contribution in [0.15, 0.2) is 47.8 Å². The molecule has 0 aliphatic carbocycles. The van der Waals surface area contributed by atoms with Crippen LogP contribution in [0.4, 0.5) is 10.1 Å². The third kappa shape index (κ3) is 2.45. The molecule has 0 unspecified atom stereocenters. The van der Waals surface area contributed by atoms with E-state index < -0.39 is 15.8 Å². The lowest BCUT2D eigenvalue weighted by molar-refractivity contribution is 0.601. The largest absolute Gasteiger partial charge is 0.277 e. The molecule has 0 aliphatic heterocycles. The first kappa shape index (κ1) is 13.5. The summed E-state index contributed by atoms with van der Waals surface area (Å²) in [6.07, 6.45) is 4.09. The Morgan fingerprint density at radius 2 is 2.10 bits per heavy atom. The fourth-order valence-electron chi connectivity index (χ4n) is 1.96. The first-order valence-electron chi connectivity index (χ1n) is 6.02. The van der Waals surface area contributed by atoms with Crippen molar-refractivity contribution < 1.29 is 12.8 Å². The summed E-state index contributed by atoms with van der Waals surface area (Å²) in [6, 6.07) is 5.67. The Balaban J connectivity index is 2.08. The summed E-state index contributed by atoms with van der Waals surface area (Å²) in [5, 5.41) is 4.08. The molecule has 1 N–H and O–H groups in total. The molecule has 0 amide bonds. The molecule has 108 valence electrons. The molecule has 0 bridgehead atoms. The van der Waals surface area contributed by atoms with E-state index in [0.29, 0.717) is 0 Å². The van der Waals surface area contributed by atoms with Gasteiger partial charge in [-0.25, -0.2) is 12.8 Å². The number of benzene rings is 1. The lowest BCUT2D eigenvalue weighted by atomic mass is 10.2. The van der Waals surface area contributed by atoms with Gasteiger partial charge in [0.15, 0.2) is 0 Å². The van der Waals surface area contributed by atoms with Crippen LogP contribution in [0.5, 0.6) is 0 Å². The molecule has 2 heterocycles. The van der Waals surface area contributed by atoms with E-state index in [1.54, 1.807) is 19.2 Å². The normalized spacial score (nSPS) is 11.7. The molecular weight excluding hydrogens is 295 g/mol. The van der Waals surface area contributed by atoms with E-state index in [0.717, 1.165) is 0 Å². The van der Waals surface area contributed by atoms with Gasteiger partial charge in [-0.05, 0) is 24.3 Å². The van der Waals surface area contributed by atoms with Crippen molar-refractivity contribution in [1.82, 2.24) is 14.8 Å². The summed E-state index contributed by atoms with van der Waals surface area (Å²) in [5.74, 6) is -0.456. The lowest BCUT2D eigenvalue weighted by Crippen LogP contribution is -2.13. The van der Waals surface area contributed by atoms with E-state index in [4.69, 9.17) is 0 Å². The van der Waals surface area contributed by atoms with E-state index in [9.17, 15) is 12.8 Å². The highest BCUT2D eigenvalue weighted by Crippen LogP contribution is 2.25. The van der Waals surface area contributed by atoms with Crippen LogP contribution in [-0.4, -0.2) is 23.2 Å². The van der Waals surface area contributed by atoms with Crippen molar-refractivity contribution in [1.29, 1.82) is 0 Å². The first-order chi connectivity index (χ1) is 9.97. The zero-order valence-electron chi connectivity index (χ0n) is 11.0. The molecule has 1 aromatic carbocycles. The molecule has 0 atom stereocenters. The Labute approximate surface area is 120 Å². The second kappa shape index (κ2) is 4.81. The smallest absolute Gasteiger partial charge is 0.265 e. The second-order valence-corrected chi connectivity index (χ2v) is 6.13. The van der Waals surface area contributed by atoms with E-state index in [-0.39, 0.29) is 21.5 Å². The highest BCUT2D eigenvalue weighted by molar-refractivity contribution is 7.92. The second-order valence-electron chi connectivity index (χ2n) is 4.45. The van der Waals surface area contributed by atoms with Crippen LogP contribution in [-0.2, 0) is 17.1 Å². The third-order valence-corrected chi connectivity index (χ3v) is 4.27. The van der Waals surface area contributed by atoms with Crippen LogP contribution in [0.3, 0.4) is 0 Å². The summed E-state index contributed by atoms with van der Waals surface area (Å²) in [7, 11) is -2.17. The molecule has 0 saturated carbocycles. The van der Waals surface area contributed by atoms with Gasteiger partial charge in [-0.3, -0.25) is 14.4 Å². The maximum absolute atomic E-state index is 13.7. The number of nitrogens with one attached hydrogen (secondary N) is 1. The number of pyridine rings is 1. The van der Waals surface area contributed by atoms with Crippen LogP contribution in [0.2, 0.25) is 0 Å². The number of anilines is 1. The molecular formula is C13H11FN4O2S. The zero-order chi connectivity index (χ0) is 15.0. The Kier molecular flexibility index (Phi) is 3.09. The van der Waals surface area contributed by atoms with Gasteiger partial charge < -0.3 is 0 Å². The van der Waals surface area contributed by atoms with Gasteiger partial charge in [-0.1, -0.05) is 0 Å². The van der Waals surface area contributed by atoms with Crippen molar-refractivity contribution >= 4 is 26.6 Å². The average molecular weight is 306 g/mol. The predicted molar refractivity (Wildman–Crippen MR) is 75.7 cm³/mol. The number of rotatable bonds is 3. The molecule has 8 heteroatoms. The van der Waals surface area contributed by atoms with Gasteiger partial charge in [0.2, 0.25) is 0 Å². The number of nitrogens with zero attached hydrogens (tertiary/aromatic N) is 3. The summed E-state index contributed by atoms with van der Waals surface area (Å²) >= 11 is 0. The minimum atomic E-state index is -3.79. The van der Waals surface area contributed by atoms with Gasteiger partial charge in [-0.15, -0.1) is 0 Å². The van der Waals surface area contributed by atoms with Gasteiger partial charge in [0.05, 0.1) is 17.4 Å². The molecule has 0 fully saturated rings. The summed E-state index contributed by atoms with van der Waals surface area (Å²) in [4.78, 5) is 4.06. The molecule has 0 spiro atoms. The van der Waals surface area contributed by atoms with Crippen molar-refractivity contribution in [3.63, 3.8) is 0 Å². The summed E-state index contributed by atoms with van der Waals surface area (Å²) < 4.78 is 42.0. The molecule has 0 radical (unpaired) electrons. The Morgan fingerprint density at radius 3 is 2.81 bits per heavy atom. The number of halogens is 1. The number of aromatic nitrogens is 3. The SMILES string of the molecule is Cn1cc(S(=O)(=O)Nc2ccc(F)c3cccnc23)cn1. The highest BCUT2D eigenvalue weighted by atomic mass is 32.2. The van der Waals surface area contributed by atoms with Crippen LogP contribution < -0.4 is 4.72 Å². The van der Waals surface area contributed by atoms with Crippen LogP contribution in [0, 0.1) is 5.82 Å². The van der Waals surface area contributed by atoms with Crippen LogP contribution >= 0.6 is 0 Å². The molecule has 2 aromatic heterocycles. The van der Waals surface area contributed by atoms with Gasteiger partial charge >= 0.3 is 0 Å². The Hall–Kier alpha value is -2.48. The predicted octanol–water partition coefficient (Wildman–Crippen LogP) is 1.91. The number of hydrogen-bond donors (Lipinski definition) is 1. The minimum absolute atomic E-state index is 0.0263. The highest BCUT2D eigenvalue weighted by Gasteiger charge is 2.18. The molecule has 0 aliphatic rings. The zero-order valence-corrected chi connectivity index (χ0v) is 11.8. The van der Waals surface area contributed by atoms with Crippen molar-refractivity contribution in [3.8, 4) is 0 Å². The Bertz CT molecular complexity index is 921. The minimum Gasteiger partial charge on any atom is -0.277 e. The van der Waals surface area contributed by atoms with Crippen LogP contribution in [0.25, 0.3) is 10.9 Å². The van der Waals surface area contributed by atoms with Crippen molar-refractivity contribution in [2.75, 3.05) is 4.72 Å². The lowest BCUT2D eigenvalue weighted by Gasteiger charge is -2.09. The van der Waals surface area contributed by atoms with Gasteiger partial charge in [-0.2, -0.15) is 5.10 Å². The maximum atomic E-state index is 13.7. The molecule has 3 rings (SSSR count). The Morgan fingerprint density at radius 1 is 1.29 bits per heavy atom. The van der Waals surface area contributed by atoms with Gasteiger partial charge in [0, 0.05) is 24.8 Å². The molecule has 0 saturated heterocycles. The topological polar surface area (TPSA) is 76.9 Å². The number of aryl methyl sites for hydroxylation is 1. The quantitative estimate of drug-likeness (QED) is 0.802. The average Bonchev–Trinajstić information content (AvgIpc) is 2.90. The maximum Gasteiger partial charge on any atom is 0.265 e. The number of sulfonamides is 1. The molecule has 6 nitrogen and oxygen atoms in total. The molecule has 3 aromatic rings. The van der Waals surface area contributed by atoms with Gasteiger partial charge in [0.1, 0.15) is 10.7 Å². The first-order valence-corrected chi connectivity index (χ1v) is 7.50. The van der Waals surface area contributed by atoms with Crippen LogP contribution in [0.1, 0.15) is 0 Å². The van der Waals surface area contributed by atoms with E-state index in [1.165, 1.54) is 35.4 Å². The van der Waals surface area contributed by atoms with Crippen molar-refractivity contribution in [3.05, 3.63) is 48.7 Å².